The van der Waals surface area contributed by atoms with Crippen molar-refractivity contribution >= 4 is 33.7 Å². The molecule has 0 heterocycles. The standard InChI is InChI=1S/C7H11BrN2O4/c1-4(8)7(14)10-2-5(11)9-3-6(12)13/h4H,2-3H2,1H3,(H,9,11)(H,10,14)(H,12,13). The van der Waals surface area contributed by atoms with Crippen LogP contribution in [0.2, 0.25) is 0 Å². The van der Waals surface area contributed by atoms with Gasteiger partial charge in [0.15, 0.2) is 0 Å². The van der Waals surface area contributed by atoms with Gasteiger partial charge < -0.3 is 15.7 Å². The normalized spacial score (nSPS) is 11.6. The van der Waals surface area contributed by atoms with Crippen LogP contribution in [0.4, 0.5) is 0 Å². The molecule has 7 heteroatoms. The number of amides is 2. The molecule has 0 aliphatic carbocycles. The molecule has 6 nitrogen and oxygen atoms in total. The minimum Gasteiger partial charge on any atom is -0.480 e. The third kappa shape index (κ3) is 6.41. The lowest BCUT2D eigenvalue weighted by molar-refractivity contribution is -0.137. The van der Waals surface area contributed by atoms with Gasteiger partial charge in [-0.1, -0.05) is 15.9 Å². The molecule has 0 aromatic rings. The summed E-state index contributed by atoms with van der Waals surface area (Å²) >= 11 is 3.01. The number of hydrogen-bond acceptors (Lipinski definition) is 3. The number of hydrogen-bond donors (Lipinski definition) is 3. The van der Waals surface area contributed by atoms with Crippen molar-refractivity contribution in [3.8, 4) is 0 Å². The van der Waals surface area contributed by atoms with Crippen LogP contribution in [0.5, 0.6) is 0 Å². The van der Waals surface area contributed by atoms with Gasteiger partial charge in [-0.3, -0.25) is 14.4 Å². The Hall–Kier alpha value is -1.11. The first-order valence-electron chi connectivity index (χ1n) is 3.83. The van der Waals surface area contributed by atoms with E-state index in [-0.39, 0.29) is 17.3 Å². The molecule has 0 fully saturated rings. The summed E-state index contributed by atoms with van der Waals surface area (Å²) in [5.74, 6) is -1.98. The van der Waals surface area contributed by atoms with Gasteiger partial charge in [-0.25, -0.2) is 0 Å². The fraction of sp³-hybridized carbons (Fsp3) is 0.571. The van der Waals surface area contributed by atoms with Gasteiger partial charge in [0.2, 0.25) is 11.8 Å². The predicted octanol–water partition coefficient (Wildman–Crippen LogP) is -0.913. The van der Waals surface area contributed by atoms with E-state index in [9.17, 15) is 14.4 Å². The van der Waals surface area contributed by atoms with Crippen molar-refractivity contribution in [1.29, 1.82) is 0 Å². The number of aliphatic carboxylic acids is 1. The monoisotopic (exact) mass is 266 g/mol. The molecule has 2 amide bonds. The van der Waals surface area contributed by atoms with Crippen molar-refractivity contribution in [2.75, 3.05) is 13.1 Å². The minimum absolute atomic E-state index is 0.220. The molecule has 0 aromatic carbocycles. The molecule has 1 unspecified atom stereocenters. The first-order valence-corrected chi connectivity index (χ1v) is 4.75. The predicted molar refractivity (Wildman–Crippen MR) is 52.0 cm³/mol. The van der Waals surface area contributed by atoms with E-state index < -0.39 is 18.4 Å². The van der Waals surface area contributed by atoms with Crippen molar-refractivity contribution in [2.45, 2.75) is 11.8 Å². The number of rotatable bonds is 5. The first-order chi connectivity index (χ1) is 6.43. The maximum atomic E-state index is 10.9. The molecule has 0 bridgehead atoms. The number of alkyl halides is 1. The molecule has 14 heavy (non-hydrogen) atoms. The number of carbonyl (C=O) groups is 3. The van der Waals surface area contributed by atoms with Gasteiger partial charge in [-0.05, 0) is 6.92 Å². The molecule has 0 rings (SSSR count). The maximum absolute atomic E-state index is 10.9. The smallest absolute Gasteiger partial charge is 0.322 e. The van der Waals surface area contributed by atoms with Crippen molar-refractivity contribution in [3.63, 3.8) is 0 Å². The van der Waals surface area contributed by atoms with Crippen LogP contribution in [0.25, 0.3) is 0 Å². The molecule has 3 N–H and O–H groups in total. The molecule has 80 valence electrons. The van der Waals surface area contributed by atoms with E-state index in [0.29, 0.717) is 0 Å². The summed E-state index contributed by atoms with van der Waals surface area (Å²) < 4.78 is 0. The number of carbonyl (C=O) groups excluding carboxylic acids is 2. The zero-order valence-corrected chi connectivity index (χ0v) is 9.13. The Balaban J connectivity index is 3.64. The highest BCUT2D eigenvalue weighted by Gasteiger charge is 2.10. The van der Waals surface area contributed by atoms with Crippen LogP contribution in [0, 0.1) is 0 Å². The summed E-state index contributed by atoms with van der Waals surface area (Å²) in [7, 11) is 0. The average Bonchev–Trinajstić information content (AvgIpc) is 2.10. The van der Waals surface area contributed by atoms with Crippen molar-refractivity contribution in [2.24, 2.45) is 0 Å². The average molecular weight is 267 g/mol. The van der Waals surface area contributed by atoms with Gasteiger partial charge in [0, 0.05) is 0 Å². The van der Waals surface area contributed by atoms with E-state index in [4.69, 9.17) is 5.11 Å². The van der Waals surface area contributed by atoms with Crippen molar-refractivity contribution in [3.05, 3.63) is 0 Å². The maximum Gasteiger partial charge on any atom is 0.322 e. The SMILES string of the molecule is CC(Br)C(=O)NCC(=O)NCC(=O)O. The number of halogens is 1. The Bertz CT molecular complexity index is 242. The second kappa shape index (κ2) is 6.36. The molecule has 0 aliphatic heterocycles. The summed E-state index contributed by atoms with van der Waals surface area (Å²) in [5.41, 5.74) is 0. The summed E-state index contributed by atoms with van der Waals surface area (Å²) in [5, 5.41) is 12.6. The van der Waals surface area contributed by atoms with Gasteiger partial charge in [0.05, 0.1) is 11.4 Å². The fourth-order valence-corrected chi connectivity index (χ4v) is 0.707. The lowest BCUT2D eigenvalue weighted by atomic mass is 10.4. The Labute approximate surface area is 89.2 Å². The van der Waals surface area contributed by atoms with Gasteiger partial charge in [0.25, 0.3) is 0 Å². The van der Waals surface area contributed by atoms with Crippen molar-refractivity contribution < 1.29 is 19.5 Å². The Kier molecular flexibility index (Phi) is 5.86. The van der Waals surface area contributed by atoms with Gasteiger partial charge in [-0.2, -0.15) is 0 Å². The van der Waals surface area contributed by atoms with Gasteiger partial charge in [0.1, 0.15) is 6.54 Å². The zero-order valence-electron chi connectivity index (χ0n) is 7.54. The highest BCUT2D eigenvalue weighted by atomic mass is 79.9. The van der Waals surface area contributed by atoms with Gasteiger partial charge in [-0.15, -0.1) is 0 Å². The highest BCUT2D eigenvalue weighted by molar-refractivity contribution is 9.10. The van der Waals surface area contributed by atoms with E-state index >= 15 is 0 Å². The van der Waals surface area contributed by atoms with Gasteiger partial charge >= 0.3 is 5.97 Å². The molecule has 0 radical (unpaired) electrons. The van der Waals surface area contributed by atoms with Crippen LogP contribution >= 0.6 is 15.9 Å². The summed E-state index contributed by atoms with van der Waals surface area (Å²) in [6.07, 6.45) is 0. The van der Waals surface area contributed by atoms with Crippen LogP contribution in [-0.2, 0) is 14.4 Å². The molecular formula is C7H11BrN2O4. The highest BCUT2D eigenvalue weighted by Crippen LogP contribution is 1.95. The van der Waals surface area contributed by atoms with E-state index in [2.05, 4.69) is 26.6 Å². The van der Waals surface area contributed by atoms with Crippen LogP contribution in [0.1, 0.15) is 6.92 Å². The largest absolute Gasteiger partial charge is 0.480 e. The Morgan fingerprint density at radius 2 is 1.86 bits per heavy atom. The van der Waals surface area contributed by atoms with Crippen LogP contribution in [0.3, 0.4) is 0 Å². The summed E-state index contributed by atoms with van der Waals surface area (Å²) in [6, 6.07) is 0. The molecule has 0 aromatic heterocycles. The molecule has 0 saturated carbocycles. The topological polar surface area (TPSA) is 95.5 Å². The van der Waals surface area contributed by atoms with E-state index in [0.717, 1.165) is 0 Å². The second-order valence-electron chi connectivity index (χ2n) is 2.50. The Morgan fingerprint density at radius 1 is 1.29 bits per heavy atom. The molecule has 0 spiro atoms. The minimum atomic E-state index is -1.13. The van der Waals surface area contributed by atoms with E-state index in [1.54, 1.807) is 6.92 Å². The Morgan fingerprint density at radius 3 is 2.29 bits per heavy atom. The molecule has 1 atom stereocenters. The molecule has 0 saturated heterocycles. The van der Waals surface area contributed by atoms with E-state index in [1.165, 1.54) is 0 Å². The fourth-order valence-electron chi connectivity index (χ4n) is 0.545. The first kappa shape index (κ1) is 12.9. The second-order valence-corrected chi connectivity index (χ2v) is 3.88. The molecular weight excluding hydrogens is 256 g/mol. The van der Waals surface area contributed by atoms with Crippen molar-refractivity contribution in [1.82, 2.24) is 10.6 Å². The summed E-state index contributed by atoms with van der Waals surface area (Å²) in [4.78, 5) is 31.5. The third-order valence-electron chi connectivity index (χ3n) is 1.22. The van der Waals surface area contributed by atoms with E-state index in [1.807, 2.05) is 0 Å². The summed E-state index contributed by atoms with van der Waals surface area (Å²) in [6.45, 7) is 0.950. The number of nitrogens with one attached hydrogen (secondary N) is 2. The van der Waals surface area contributed by atoms with Crippen LogP contribution < -0.4 is 10.6 Å². The number of carboxylic acids is 1. The zero-order chi connectivity index (χ0) is 11.1. The third-order valence-corrected chi connectivity index (χ3v) is 1.64. The number of carboxylic acid groups (broad SMARTS) is 1. The molecule has 0 aliphatic rings. The lowest BCUT2D eigenvalue weighted by Gasteiger charge is -2.06. The van der Waals surface area contributed by atoms with Crippen LogP contribution in [0.15, 0.2) is 0 Å². The van der Waals surface area contributed by atoms with Crippen LogP contribution in [-0.4, -0.2) is 40.8 Å². The lowest BCUT2D eigenvalue weighted by Crippen LogP contribution is -2.40. The quantitative estimate of drug-likeness (QED) is 0.562.